The summed E-state index contributed by atoms with van der Waals surface area (Å²) in [5, 5.41) is 4.73. The van der Waals surface area contributed by atoms with Gasteiger partial charge in [-0.2, -0.15) is 0 Å². The Balaban J connectivity index is 1.79. The van der Waals surface area contributed by atoms with Crippen LogP contribution in [0.5, 0.6) is 0 Å². The van der Waals surface area contributed by atoms with Gasteiger partial charge < -0.3 is 0 Å². The second-order valence-corrected chi connectivity index (χ2v) is 8.89. The van der Waals surface area contributed by atoms with Crippen LogP contribution in [0.2, 0.25) is 0 Å². The molecule has 0 bridgehead atoms. The van der Waals surface area contributed by atoms with Gasteiger partial charge in [-0.05, 0) is 32.4 Å². The van der Waals surface area contributed by atoms with Crippen molar-refractivity contribution < 1.29 is 4.79 Å². The number of thioether (sulfide) groups is 1. The third-order valence-electron chi connectivity index (χ3n) is 5.06. The summed E-state index contributed by atoms with van der Waals surface area (Å²) in [6.45, 7) is 6.10. The highest BCUT2D eigenvalue weighted by Gasteiger charge is 2.35. The molecule has 0 unspecified atom stereocenters. The van der Waals surface area contributed by atoms with Crippen molar-refractivity contribution in [3.8, 4) is 17.1 Å². The first-order valence-corrected chi connectivity index (χ1v) is 11.1. The maximum absolute atomic E-state index is 13.0. The van der Waals surface area contributed by atoms with E-state index >= 15 is 0 Å². The van der Waals surface area contributed by atoms with Crippen LogP contribution in [-0.4, -0.2) is 35.9 Å². The highest BCUT2D eigenvalue weighted by atomic mass is 32.2. The van der Waals surface area contributed by atoms with Crippen molar-refractivity contribution in [3.05, 3.63) is 70.9 Å². The summed E-state index contributed by atoms with van der Waals surface area (Å²) < 4.78 is 2.36. The molecule has 1 aromatic heterocycles. The van der Waals surface area contributed by atoms with Crippen molar-refractivity contribution in [2.45, 2.75) is 33.2 Å². The zero-order valence-electron chi connectivity index (χ0n) is 17.1. The summed E-state index contributed by atoms with van der Waals surface area (Å²) in [5.41, 5.74) is 2.99. The summed E-state index contributed by atoms with van der Waals surface area (Å²) in [7, 11) is 0. The second kappa shape index (κ2) is 8.53. The summed E-state index contributed by atoms with van der Waals surface area (Å²) in [5.74, 6) is 1.14. The molecule has 1 amide bonds. The highest BCUT2D eigenvalue weighted by Crippen LogP contribution is 2.34. The normalized spacial score (nSPS) is 16.5. The average molecular weight is 435 g/mol. The van der Waals surface area contributed by atoms with E-state index in [1.54, 1.807) is 15.7 Å². The molecule has 0 saturated carbocycles. The van der Waals surface area contributed by atoms with Gasteiger partial charge in [-0.3, -0.25) is 9.69 Å². The van der Waals surface area contributed by atoms with Crippen LogP contribution in [0.15, 0.2) is 59.5 Å². The van der Waals surface area contributed by atoms with Gasteiger partial charge in [0.1, 0.15) is 4.32 Å². The van der Waals surface area contributed by atoms with Gasteiger partial charge in [-0.1, -0.05) is 78.9 Å². The van der Waals surface area contributed by atoms with Gasteiger partial charge in [-0.25, -0.2) is 9.67 Å². The Morgan fingerprint density at radius 3 is 2.50 bits per heavy atom. The van der Waals surface area contributed by atoms with Crippen LogP contribution >= 0.6 is 24.0 Å². The van der Waals surface area contributed by atoms with Gasteiger partial charge in [0.2, 0.25) is 0 Å². The van der Waals surface area contributed by atoms with Gasteiger partial charge >= 0.3 is 0 Å². The number of aryl methyl sites for hydroxylation is 1. The number of thiocarbonyl (C=S) groups is 1. The standard InChI is InChI=1S/C23H22N4OS2/c1-4-16(3)26-22(28)19(30-23(26)29)14-20-24-21(17-12-10-15(2)11-13-17)25-27(20)18-8-6-5-7-9-18/h5-14,16H,4H2,1-3H3/b19-14+/t16-/m1/s1. The third kappa shape index (κ3) is 3.95. The van der Waals surface area contributed by atoms with E-state index in [9.17, 15) is 4.79 Å². The number of para-hydroxylation sites is 1. The van der Waals surface area contributed by atoms with E-state index < -0.39 is 0 Å². The van der Waals surface area contributed by atoms with E-state index in [2.05, 4.69) is 0 Å². The molecule has 0 N–H and O–H groups in total. The highest BCUT2D eigenvalue weighted by molar-refractivity contribution is 8.26. The molecular weight excluding hydrogens is 412 g/mol. The first-order valence-electron chi connectivity index (χ1n) is 9.84. The fourth-order valence-electron chi connectivity index (χ4n) is 3.16. The van der Waals surface area contributed by atoms with Gasteiger partial charge in [0, 0.05) is 17.7 Å². The zero-order chi connectivity index (χ0) is 21.3. The lowest BCUT2D eigenvalue weighted by molar-refractivity contribution is -0.123. The van der Waals surface area contributed by atoms with Crippen molar-refractivity contribution >= 4 is 40.3 Å². The number of hydrogen-bond donors (Lipinski definition) is 0. The number of benzene rings is 2. The Morgan fingerprint density at radius 1 is 1.13 bits per heavy atom. The van der Waals surface area contributed by atoms with Crippen LogP contribution in [0.25, 0.3) is 23.2 Å². The monoisotopic (exact) mass is 434 g/mol. The first kappa shape index (κ1) is 20.5. The third-order valence-corrected chi connectivity index (χ3v) is 6.39. The van der Waals surface area contributed by atoms with E-state index in [4.69, 9.17) is 22.3 Å². The molecule has 2 aromatic carbocycles. The maximum Gasteiger partial charge on any atom is 0.266 e. The van der Waals surface area contributed by atoms with Crippen LogP contribution < -0.4 is 0 Å². The number of carbonyl (C=O) groups excluding carboxylic acids is 1. The molecule has 1 saturated heterocycles. The van der Waals surface area contributed by atoms with Crippen molar-refractivity contribution in [2.24, 2.45) is 0 Å². The molecule has 5 nitrogen and oxygen atoms in total. The predicted octanol–water partition coefficient (Wildman–Crippen LogP) is 5.24. The van der Waals surface area contributed by atoms with E-state index in [0.29, 0.717) is 20.9 Å². The molecule has 0 radical (unpaired) electrons. The molecule has 1 aliphatic heterocycles. The number of aromatic nitrogens is 3. The van der Waals surface area contributed by atoms with Crippen LogP contribution in [-0.2, 0) is 4.79 Å². The molecule has 0 aliphatic carbocycles. The molecule has 2 heterocycles. The lowest BCUT2D eigenvalue weighted by Crippen LogP contribution is -2.36. The molecule has 3 aromatic rings. The molecule has 1 aliphatic rings. The number of rotatable bonds is 5. The van der Waals surface area contributed by atoms with E-state index in [1.165, 1.54) is 17.3 Å². The van der Waals surface area contributed by atoms with Gasteiger partial charge in [0.15, 0.2) is 11.6 Å². The largest absolute Gasteiger partial charge is 0.290 e. The van der Waals surface area contributed by atoms with Crippen LogP contribution in [0.1, 0.15) is 31.7 Å². The average Bonchev–Trinajstić information content (AvgIpc) is 3.29. The molecule has 1 fully saturated rings. The molecule has 0 spiro atoms. The lowest BCUT2D eigenvalue weighted by atomic mass is 10.1. The minimum Gasteiger partial charge on any atom is -0.290 e. The number of carbonyl (C=O) groups is 1. The quantitative estimate of drug-likeness (QED) is 0.406. The molecule has 4 rings (SSSR count). The number of amides is 1. The smallest absolute Gasteiger partial charge is 0.266 e. The predicted molar refractivity (Wildman–Crippen MR) is 126 cm³/mol. The summed E-state index contributed by atoms with van der Waals surface area (Å²) in [6, 6.07) is 18.0. The topological polar surface area (TPSA) is 51.0 Å². The van der Waals surface area contributed by atoms with Crippen LogP contribution in [0.4, 0.5) is 0 Å². The maximum atomic E-state index is 13.0. The Labute approximate surface area is 185 Å². The van der Waals surface area contributed by atoms with Gasteiger partial charge in [-0.15, -0.1) is 5.10 Å². The van der Waals surface area contributed by atoms with E-state index in [1.807, 2.05) is 75.4 Å². The first-order chi connectivity index (χ1) is 14.5. The number of nitrogens with zero attached hydrogens (tertiary/aromatic N) is 4. The minimum atomic E-state index is -0.0705. The fraction of sp³-hybridized carbons (Fsp3) is 0.217. The van der Waals surface area contributed by atoms with Crippen LogP contribution in [0, 0.1) is 6.92 Å². The molecule has 30 heavy (non-hydrogen) atoms. The van der Waals surface area contributed by atoms with Crippen molar-refractivity contribution in [3.63, 3.8) is 0 Å². The lowest BCUT2D eigenvalue weighted by Gasteiger charge is -2.21. The summed E-state index contributed by atoms with van der Waals surface area (Å²) in [6.07, 6.45) is 2.64. The zero-order valence-corrected chi connectivity index (χ0v) is 18.7. The Hall–Kier alpha value is -2.77. The molecule has 7 heteroatoms. The van der Waals surface area contributed by atoms with E-state index in [-0.39, 0.29) is 11.9 Å². The Kier molecular flexibility index (Phi) is 5.83. The Morgan fingerprint density at radius 2 is 1.83 bits per heavy atom. The summed E-state index contributed by atoms with van der Waals surface area (Å²) >= 11 is 6.78. The summed E-state index contributed by atoms with van der Waals surface area (Å²) in [4.78, 5) is 20.0. The van der Waals surface area contributed by atoms with E-state index in [0.717, 1.165) is 17.7 Å². The van der Waals surface area contributed by atoms with Crippen molar-refractivity contribution in [2.75, 3.05) is 0 Å². The fourth-order valence-corrected chi connectivity index (χ4v) is 4.59. The van der Waals surface area contributed by atoms with Gasteiger partial charge in [0.05, 0.1) is 10.6 Å². The minimum absolute atomic E-state index is 0.0681. The molecule has 1 atom stereocenters. The molecule has 152 valence electrons. The van der Waals surface area contributed by atoms with Gasteiger partial charge in [0.25, 0.3) is 5.91 Å². The van der Waals surface area contributed by atoms with Crippen molar-refractivity contribution in [1.82, 2.24) is 19.7 Å². The number of hydrogen-bond acceptors (Lipinski definition) is 5. The second-order valence-electron chi connectivity index (χ2n) is 7.22. The molecular formula is C23H22N4OS2. The Bertz CT molecular complexity index is 1120. The SMILES string of the molecule is CC[C@@H](C)N1C(=O)/C(=C\c2nc(-c3ccc(C)cc3)nn2-c2ccccc2)SC1=S. The van der Waals surface area contributed by atoms with Crippen molar-refractivity contribution in [1.29, 1.82) is 0 Å². The van der Waals surface area contributed by atoms with Crippen LogP contribution in [0.3, 0.4) is 0 Å².